The molecule has 0 aliphatic rings. The highest BCUT2D eigenvalue weighted by molar-refractivity contribution is 7.89. The molecule has 140 valence electrons. The molecule has 26 heavy (non-hydrogen) atoms. The van der Waals surface area contributed by atoms with Gasteiger partial charge in [0.15, 0.2) is 0 Å². The van der Waals surface area contributed by atoms with Crippen LogP contribution in [0.5, 0.6) is 11.5 Å². The second-order valence-corrected chi connectivity index (χ2v) is 7.57. The van der Waals surface area contributed by atoms with Gasteiger partial charge in [0.25, 0.3) is 0 Å². The summed E-state index contributed by atoms with van der Waals surface area (Å²) in [5.41, 5.74) is 0.536. The first-order valence-corrected chi connectivity index (χ1v) is 9.22. The van der Waals surface area contributed by atoms with Gasteiger partial charge in [-0.3, -0.25) is 4.79 Å². The van der Waals surface area contributed by atoms with E-state index < -0.39 is 22.0 Å². The average Bonchev–Trinajstić information content (AvgIpc) is 2.65. The first-order chi connectivity index (χ1) is 12.3. The summed E-state index contributed by atoms with van der Waals surface area (Å²) >= 11 is 0. The van der Waals surface area contributed by atoms with E-state index in [-0.39, 0.29) is 11.3 Å². The minimum atomic E-state index is -3.96. The Labute approximate surface area is 152 Å². The summed E-state index contributed by atoms with van der Waals surface area (Å²) in [7, 11) is 0.256. The van der Waals surface area contributed by atoms with Gasteiger partial charge in [0, 0.05) is 13.5 Å². The highest BCUT2D eigenvalue weighted by Crippen LogP contribution is 2.27. The van der Waals surface area contributed by atoms with E-state index in [1.165, 1.54) is 33.4 Å². The molecule has 0 bridgehead atoms. The SMILES string of the molecule is COc1ccc(OC)c(C[C@H](C(=O)O)N(C)S(=O)(=O)c2ccccc2)c1. The van der Waals surface area contributed by atoms with Crippen LogP contribution in [-0.2, 0) is 21.2 Å². The Kier molecular flexibility index (Phi) is 6.23. The normalized spacial score (nSPS) is 12.6. The Morgan fingerprint density at radius 3 is 2.31 bits per heavy atom. The van der Waals surface area contributed by atoms with Crippen molar-refractivity contribution in [3.63, 3.8) is 0 Å². The molecule has 0 fully saturated rings. The van der Waals surface area contributed by atoms with E-state index in [0.29, 0.717) is 17.1 Å². The zero-order valence-electron chi connectivity index (χ0n) is 14.7. The van der Waals surface area contributed by atoms with Crippen LogP contribution in [-0.4, -0.2) is 51.1 Å². The second kappa shape index (κ2) is 8.20. The van der Waals surface area contributed by atoms with E-state index in [4.69, 9.17) is 9.47 Å². The number of ether oxygens (including phenoxy) is 2. The van der Waals surface area contributed by atoms with E-state index in [0.717, 1.165) is 4.31 Å². The summed E-state index contributed by atoms with van der Waals surface area (Å²) in [6, 6.07) is 11.4. The lowest BCUT2D eigenvalue weighted by molar-refractivity contribution is -0.141. The van der Waals surface area contributed by atoms with E-state index in [1.54, 1.807) is 36.4 Å². The number of hydrogen-bond donors (Lipinski definition) is 1. The Balaban J connectivity index is 2.40. The maximum absolute atomic E-state index is 12.8. The van der Waals surface area contributed by atoms with Crippen molar-refractivity contribution < 1.29 is 27.8 Å². The van der Waals surface area contributed by atoms with Gasteiger partial charge < -0.3 is 14.6 Å². The van der Waals surface area contributed by atoms with E-state index >= 15 is 0 Å². The number of nitrogens with zero attached hydrogens (tertiary/aromatic N) is 1. The number of benzene rings is 2. The van der Waals surface area contributed by atoms with Crippen molar-refractivity contribution in [1.82, 2.24) is 4.31 Å². The van der Waals surface area contributed by atoms with Crippen LogP contribution >= 0.6 is 0 Å². The Hall–Kier alpha value is -2.58. The maximum Gasteiger partial charge on any atom is 0.322 e. The molecule has 0 aromatic heterocycles. The molecular weight excluding hydrogens is 358 g/mol. The lowest BCUT2D eigenvalue weighted by Crippen LogP contribution is -2.43. The fourth-order valence-corrected chi connectivity index (χ4v) is 3.88. The first-order valence-electron chi connectivity index (χ1n) is 7.78. The van der Waals surface area contributed by atoms with Gasteiger partial charge in [-0.15, -0.1) is 0 Å². The van der Waals surface area contributed by atoms with Gasteiger partial charge in [-0.05, 0) is 35.9 Å². The standard InChI is InChI=1S/C18H21NO6S/c1-19(26(22,23)15-7-5-4-6-8-15)16(18(20)21)12-13-11-14(24-2)9-10-17(13)25-3/h4-11,16H,12H2,1-3H3,(H,20,21)/t16-/m1/s1. The van der Waals surface area contributed by atoms with Crippen molar-refractivity contribution in [1.29, 1.82) is 0 Å². The van der Waals surface area contributed by atoms with Crippen molar-refractivity contribution in [2.45, 2.75) is 17.4 Å². The van der Waals surface area contributed by atoms with Crippen LogP contribution < -0.4 is 9.47 Å². The van der Waals surface area contributed by atoms with E-state index in [2.05, 4.69) is 0 Å². The van der Waals surface area contributed by atoms with Crippen LogP contribution in [0.25, 0.3) is 0 Å². The van der Waals surface area contributed by atoms with Gasteiger partial charge in [-0.1, -0.05) is 18.2 Å². The number of carboxylic acid groups (broad SMARTS) is 1. The van der Waals surface area contributed by atoms with Crippen LogP contribution in [0.4, 0.5) is 0 Å². The predicted octanol–water partition coefficient (Wildman–Crippen LogP) is 2.02. The molecular formula is C18H21NO6S. The molecule has 2 aromatic carbocycles. The molecule has 0 saturated heterocycles. The Morgan fingerprint density at radius 1 is 1.12 bits per heavy atom. The summed E-state index contributed by atoms with van der Waals surface area (Å²) in [6.07, 6.45) is -0.0712. The molecule has 0 aliphatic heterocycles. The predicted molar refractivity (Wildman–Crippen MR) is 96.1 cm³/mol. The third-order valence-corrected chi connectivity index (χ3v) is 5.93. The molecule has 0 heterocycles. The third-order valence-electron chi connectivity index (χ3n) is 4.04. The lowest BCUT2D eigenvalue weighted by Gasteiger charge is -2.25. The highest BCUT2D eigenvalue weighted by atomic mass is 32.2. The van der Waals surface area contributed by atoms with Gasteiger partial charge >= 0.3 is 5.97 Å². The lowest BCUT2D eigenvalue weighted by atomic mass is 10.0. The fourth-order valence-electron chi connectivity index (χ4n) is 2.55. The number of methoxy groups -OCH3 is 2. The monoisotopic (exact) mass is 379 g/mol. The van der Waals surface area contributed by atoms with Crippen LogP contribution in [0, 0.1) is 0 Å². The highest BCUT2D eigenvalue weighted by Gasteiger charge is 2.33. The summed E-state index contributed by atoms with van der Waals surface area (Å²) in [5.74, 6) is -0.266. The molecule has 0 spiro atoms. The summed E-state index contributed by atoms with van der Waals surface area (Å²) in [5, 5.41) is 9.63. The number of rotatable bonds is 8. The number of carbonyl (C=O) groups is 1. The molecule has 0 radical (unpaired) electrons. The zero-order valence-corrected chi connectivity index (χ0v) is 15.6. The van der Waals surface area contributed by atoms with Crippen molar-refractivity contribution in [3.05, 3.63) is 54.1 Å². The molecule has 1 N–H and O–H groups in total. The summed E-state index contributed by atoms with van der Waals surface area (Å²) < 4.78 is 36.8. The Morgan fingerprint density at radius 2 is 1.77 bits per heavy atom. The molecule has 1 atom stereocenters. The molecule has 0 unspecified atom stereocenters. The van der Waals surface area contributed by atoms with Crippen LogP contribution in [0.1, 0.15) is 5.56 Å². The Bertz CT molecular complexity index is 867. The summed E-state index contributed by atoms with van der Waals surface area (Å²) in [4.78, 5) is 11.8. The number of likely N-dealkylation sites (N-methyl/N-ethyl adjacent to an activating group) is 1. The molecule has 0 amide bonds. The smallest absolute Gasteiger partial charge is 0.322 e. The van der Waals surface area contributed by atoms with Gasteiger partial charge in [-0.2, -0.15) is 4.31 Å². The fraction of sp³-hybridized carbons (Fsp3) is 0.278. The van der Waals surface area contributed by atoms with Gasteiger partial charge in [0.2, 0.25) is 10.0 Å². The van der Waals surface area contributed by atoms with Crippen LogP contribution in [0.3, 0.4) is 0 Å². The van der Waals surface area contributed by atoms with Gasteiger partial charge in [0.05, 0.1) is 19.1 Å². The third kappa shape index (κ3) is 4.14. The quantitative estimate of drug-likeness (QED) is 0.754. The summed E-state index contributed by atoms with van der Waals surface area (Å²) in [6.45, 7) is 0. The average molecular weight is 379 g/mol. The number of carboxylic acids is 1. The zero-order chi connectivity index (χ0) is 19.3. The topological polar surface area (TPSA) is 93.1 Å². The maximum atomic E-state index is 12.8. The second-order valence-electron chi connectivity index (χ2n) is 5.57. The van der Waals surface area contributed by atoms with E-state index in [9.17, 15) is 18.3 Å². The molecule has 2 rings (SSSR count). The minimum Gasteiger partial charge on any atom is -0.497 e. The van der Waals surface area contributed by atoms with Crippen molar-refractivity contribution in [3.8, 4) is 11.5 Å². The number of sulfonamides is 1. The molecule has 0 aliphatic carbocycles. The van der Waals surface area contributed by atoms with Crippen LogP contribution in [0.2, 0.25) is 0 Å². The molecule has 2 aromatic rings. The molecule has 8 heteroatoms. The van der Waals surface area contributed by atoms with Gasteiger partial charge in [0.1, 0.15) is 17.5 Å². The van der Waals surface area contributed by atoms with Crippen molar-refractivity contribution in [2.24, 2.45) is 0 Å². The van der Waals surface area contributed by atoms with Crippen LogP contribution in [0.15, 0.2) is 53.4 Å². The van der Waals surface area contributed by atoms with E-state index in [1.807, 2.05) is 0 Å². The number of hydrogen-bond acceptors (Lipinski definition) is 5. The molecule has 0 saturated carbocycles. The molecule has 7 nitrogen and oxygen atoms in total. The number of aliphatic carboxylic acids is 1. The van der Waals surface area contributed by atoms with Crippen molar-refractivity contribution in [2.75, 3.05) is 21.3 Å². The van der Waals surface area contributed by atoms with Crippen molar-refractivity contribution >= 4 is 16.0 Å². The first kappa shape index (κ1) is 19.7. The van der Waals surface area contributed by atoms with Gasteiger partial charge in [-0.25, -0.2) is 8.42 Å². The minimum absolute atomic E-state index is 0.0337. The largest absolute Gasteiger partial charge is 0.497 e.